The number of phenols is 2. The lowest BCUT2D eigenvalue weighted by atomic mass is 10.00. The van der Waals surface area contributed by atoms with Crippen LogP contribution in [0.2, 0.25) is 15.1 Å². The van der Waals surface area contributed by atoms with Gasteiger partial charge in [-0.15, -0.1) is 0 Å². The summed E-state index contributed by atoms with van der Waals surface area (Å²) in [6, 6.07) is 32.5. The molecule has 0 aliphatic rings. The van der Waals surface area contributed by atoms with Gasteiger partial charge in [0, 0.05) is 16.1 Å². The second kappa shape index (κ2) is 16.2. The van der Waals surface area contributed by atoms with Gasteiger partial charge in [0.1, 0.15) is 11.6 Å². The summed E-state index contributed by atoms with van der Waals surface area (Å²) in [5, 5.41) is 23.9. The molecule has 0 saturated heterocycles. The first kappa shape index (κ1) is 39.0. The maximum Gasteiger partial charge on any atom is 0.266 e. The van der Waals surface area contributed by atoms with Crippen molar-refractivity contribution in [3.8, 4) is 45.5 Å². The van der Waals surface area contributed by atoms with Crippen molar-refractivity contribution in [3.63, 3.8) is 0 Å². The third-order valence-corrected chi connectivity index (χ3v) is 10.7. The zero-order chi connectivity index (χ0) is 41.4. The monoisotopic (exact) mass is 840 g/mol. The van der Waals surface area contributed by atoms with Crippen molar-refractivity contribution in [2.75, 3.05) is 14.2 Å². The minimum atomic E-state index is -0.332. The number of halogens is 3. The van der Waals surface area contributed by atoms with Gasteiger partial charge in [0.2, 0.25) is 0 Å². The lowest BCUT2D eigenvalue weighted by Crippen LogP contribution is -2.22. The van der Waals surface area contributed by atoms with Crippen LogP contribution < -0.4 is 20.6 Å². The summed E-state index contributed by atoms with van der Waals surface area (Å²) in [5.74, 6) is 0.830. The first-order valence-electron chi connectivity index (χ1n) is 18.0. The van der Waals surface area contributed by atoms with Crippen molar-refractivity contribution in [2.24, 2.45) is 0 Å². The normalized spacial score (nSPS) is 11.6. The predicted molar refractivity (Wildman–Crippen MR) is 236 cm³/mol. The molecule has 292 valence electrons. The molecule has 59 heavy (non-hydrogen) atoms. The van der Waals surface area contributed by atoms with Gasteiger partial charge in [-0.1, -0.05) is 65.1 Å². The number of rotatable bonds is 9. The number of benzene rings is 6. The van der Waals surface area contributed by atoms with E-state index in [0.717, 1.165) is 0 Å². The predicted octanol–water partition coefficient (Wildman–Crippen LogP) is 10.5. The number of para-hydroxylation sites is 2. The molecule has 0 aliphatic carbocycles. The minimum absolute atomic E-state index is 0.0603. The van der Waals surface area contributed by atoms with Crippen LogP contribution in [0.3, 0.4) is 0 Å². The van der Waals surface area contributed by atoms with Crippen molar-refractivity contribution in [2.45, 2.75) is 0 Å². The highest BCUT2D eigenvalue weighted by molar-refractivity contribution is 6.42. The molecule has 0 spiro atoms. The molecule has 0 aliphatic heterocycles. The molecule has 0 unspecified atom stereocenters. The Hall–Kier alpha value is -6.85. The molecule has 8 rings (SSSR count). The van der Waals surface area contributed by atoms with E-state index < -0.39 is 0 Å². The maximum absolute atomic E-state index is 14.2. The highest BCUT2D eigenvalue weighted by Gasteiger charge is 2.17. The summed E-state index contributed by atoms with van der Waals surface area (Å²) < 4.78 is 13.8. The van der Waals surface area contributed by atoms with Gasteiger partial charge in [-0.2, -0.15) is 0 Å². The first-order valence-corrected chi connectivity index (χ1v) is 19.1. The van der Waals surface area contributed by atoms with Crippen molar-refractivity contribution in [3.05, 3.63) is 174 Å². The number of hydrogen-bond donors (Lipinski definition) is 2. The molecule has 6 aromatic carbocycles. The first-order chi connectivity index (χ1) is 28.5. The third-order valence-electron chi connectivity index (χ3n) is 9.67. The largest absolute Gasteiger partial charge is 0.504 e. The van der Waals surface area contributed by atoms with Crippen LogP contribution in [0.15, 0.2) is 125 Å². The Bertz CT molecular complexity index is 3140. The van der Waals surface area contributed by atoms with Crippen LogP contribution in [0.1, 0.15) is 22.8 Å². The lowest BCUT2D eigenvalue weighted by Gasteiger charge is -2.14. The quantitative estimate of drug-likeness (QED) is 0.147. The zero-order valence-corrected chi connectivity index (χ0v) is 33.5. The van der Waals surface area contributed by atoms with Gasteiger partial charge in [0.15, 0.2) is 23.0 Å². The van der Waals surface area contributed by atoms with E-state index in [-0.39, 0.29) is 45.0 Å². The number of hydrogen-bond acceptors (Lipinski definition) is 8. The number of methoxy groups -OCH3 is 2. The van der Waals surface area contributed by atoms with Gasteiger partial charge in [-0.25, -0.2) is 9.97 Å². The Morgan fingerprint density at radius 2 is 1.17 bits per heavy atom. The number of aromatic hydroxyl groups is 2. The number of fused-ring (bicyclic) bond motifs is 2. The molecule has 2 aromatic heterocycles. The topological polar surface area (TPSA) is 129 Å². The molecule has 0 amide bonds. The van der Waals surface area contributed by atoms with Crippen LogP contribution >= 0.6 is 34.8 Å². The summed E-state index contributed by atoms with van der Waals surface area (Å²) >= 11 is 18.8. The van der Waals surface area contributed by atoms with Gasteiger partial charge in [-0.05, 0) is 120 Å². The highest BCUT2D eigenvalue weighted by atomic mass is 35.5. The standard InChI is InChI=1S/C46H31Cl3N4O6/c1-58-39-9-5-6-26(43(39)54)11-20-42-51-38-23-27(10-18-34(38)46(57)52(42)31-15-13-30(47)14-16-31)29-22-28(44(55)40(24-29)59-2)12-21-41-50-37-8-4-3-7-33(37)45(56)53(41)32-17-19-35(48)36(49)25-32/h3-25,54-55H,1-2H3/b20-11+,21-12+. The van der Waals surface area contributed by atoms with E-state index in [9.17, 15) is 19.8 Å². The van der Waals surface area contributed by atoms with Gasteiger partial charge in [0.25, 0.3) is 11.1 Å². The second-order valence-electron chi connectivity index (χ2n) is 13.2. The van der Waals surface area contributed by atoms with Crippen molar-refractivity contribution >= 4 is 80.9 Å². The SMILES string of the molecule is COc1cccc(/C=C/c2nc3cc(-c4cc(/C=C/c5nc6ccccc6c(=O)n5-c5ccc(Cl)c(Cl)c5)c(O)c(OC)c4)ccc3c(=O)n2-c2ccc(Cl)cc2)c1O. The van der Waals surface area contributed by atoms with E-state index in [1.54, 1.807) is 140 Å². The lowest BCUT2D eigenvalue weighted by molar-refractivity contribution is 0.373. The van der Waals surface area contributed by atoms with Crippen LogP contribution in [-0.2, 0) is 0 Å². The fourth-order valence-corrected chi connectivity index (χ4v) is 7.13. The van der Waals surface area contributed by atoms with E-state index in [1.165, 1.54) is 23.4 Å². The smallest absolute Gasteiger partial charge is 0.266 e. The Morgan fingerprint density at radius 1 is 0.542 bits per heavy atom. The molecule has 0 fully saturated rings. The van der Waals surface area contributed by atoms with Crippen LogP contribution in [-0.4, -0.2) is 43.5 Å². The number of ether oxygens (including phenoxy) is 2. The van der Waals surface area contributed by atoms with Gasteiger partial charge in [-0.3, -0.25) is 18.7 Å². The van der Waals surface area contributed by atoms with Gasteiger partial charge >= 0.3 is 0 Å². The Balaban J connectivity index is 1.25. The second-order valence-corrected chi connectivity index (χ2v) is 14.5. The van der Waals surface area contributed by atoms with Crippen LogP contribution in [0.25, 0.3) is 68.6 Å². The third kappa shape index (κ3) is 7.52. The van der Waals surface area contributed by atoms with Crippen LogP contribution in [0, 0.1) is 0 Å². The molecular formula is C46H31Cl3N4O6. The molecule has 10 nitrogen and oxygen atoms in total. The molecule has 0 radical (unpaired) electrons. The summed E-state index contributed by atoms with van der Waals surface area (Å²) in [4.78, 5) is 37.8. The van der Waals surface area contributed by atoms with E-state index in [1.807, 2.05) is 0 Å². The number of phenolic OH excluding ortho intramolecular Hbond substituents is 2. The van der Waals surface area contributed by atoms with Gasteiger partial charge < -0.3 is 19.7 Å². The number of aromatic nitrogens is 4. The average Bonchev–Trinajstić information content (AvgIpc) is 3.24. The molecule has 0 saturated carbocycles. The summed E-state index contributed by atoms with van der Waals surface area (Å²) in [6.45, 7) is 0. The summed E-state index contributed by atoms with van der Waals surface area (Å²) in [6.07, 6.45) is 6.54. The van der Waals surface area contributed by atoms with Crippen molar-refractivity contribution in [1.82, 2.24) is 19.1 Å². The van der Waals surface area contributed by atoms with Crippen molar-refractivity contribution < 1.29 is 19.7 Å². The zero-order valence-electron chi connectivity index (χ0n) is 31.2. The fourth-order valence-electron chi connectivity index (χ4n) is 6.72. The van der Waals surface area contributed by atoms with Crippen LogP contribution in [0.4, 0.5) is 0 Å². The molecule has 2 N–H and O–H groups in total. The maximum atomic E-state index is 14.2. The highest BCUT2D eigenvalue weighted by Crippen LogP contribution is 2.38. The molecule has 13 heteroatoms. The molecule has 0 atom stereocenters. The Morgan fingerprint density at radius 3 is 1.88 bits per heavy atom. The fraction of sp³-hybridized carbons (Fsp3) is 0.0435. The summed E-state index contributed by atoms with van der Waals surface area (Å²) in [5.41, 5.74) is 3.33. The van der Waals surface area contributed by atoms with Gasteiger partial charge in [0.05, 0.1) is 57.4 Å². The molecular weight excluding hydrogens is 811 g/mol. The van der Waals surface area contributed by atoms with E-state index >= 15 is 0 Å². The Kier molecular flexibility index (Phi) is 10.7. The van der Waals surface area contributed by atoms with Crippen molar-refractivity contribution in [1.29, 1.82) is 0 Å². The Labute approximate surface area is 351 Å². The molecule has 2 heterocycles. The van der Waals surface area contributed by atoms with E-state index in [2.05, 4.69) is 0 Å². The average molecular weight is 842 g/mol. The van der Waals surface area contributed by atoms with E-state index in [0.29, 0.717) is 71.2 Å². The minimum Gasteiger partial charge on any atom is -0.504 e. The summed E-state index contributed by atoms with van der Waals surface area (Å²) in [7, 11) is 2.91. The van der Waals surface area contributed by atoms with E-state index in [4.69, 9.17) is 54.2 Å². The van der Waals surface area contributed by atoms with Crippen LogP contribution in [0.5, 0.6) is 23.0 Å². The molecule has 0 bridgehead atoms. The molecule has 8 aromatic rings. The number of nitrogens with zero attached hydrogens (tertiary/aromatic N) is 4.